The minimum Gasteiger partial charge on any atom is -0.493 e. The lowest BCUT2D eigenvalue weighted by Gasteiger charge is -2.36. The summed E-state index contributed by atoms with van der Waals surface area (Å²) < 4.78 is 10.7. The molecule has 1 aromatic rings. The molecule has 1 aliphatic heterocycles. The number of benzene rings is 1. The molecule has 2 rings (SSSR count). The molecule has 0 spiro atoms. The van der Waals surface area contributed by atoms with Crippen LogP contribution in [-0.2, 0) is 0 Å². The van der Waals surface area contributed by atoms with Gasteiger partial charge in [-0.05, 0) is 37.8 Å². The molecule has 21 heavy (non-hydrogen) atoms. The SMILES string of the molecule is COc1cccc(C(=O)N2CCCCC2CCBr)c1OC. The molecule has 0 bridgehead atoms. The molecule has 1 heterocycles. The molecule has 1 atom stereocenters. The zero-order valence-corrected chi connectivity index (χ0v) is 14.2. The first kappa shape index (κ1) is 16.1. The number of methoxy groups -OCH3 is 2. The highest BCUT2D eigenvalue weighted by molar-refractivity contribution is 9.09. The Labute approximate surface area is 134 Å². The number of para-hydroxylation sites is 1. The molecule has 1 aromatic carbocycles. The van der Waals surface area contributed by atoms with Gasteiger partial charge in [0.1, 0.15) is 0 Å². The molecule has 5 heteroatoms. The van der Waals surface area contributed by atoms with Crippen LogP contribution in [0.5, 0.6) is 11.5 Å². The van der Waals surface area contributed by atoms with Crippen LogP contribution in [0.15, 0.2) is 18.2 Å². The van der Waals surface area contributed by atoms with Gasteiger partial charge in [-0.1, -0.05) is 22.0 Å². The van der Waals surface area contributed by atoms with E-state index in [-0.39, 0.29) is 5.91 Å². The van der Waals surface area contributed by atoms with Crippen molar-refractivity contribution in [3.8, 4) is 11.5 Å². The minimum atomic E-state index is 0.0383. The second kappa shape index (κ2) is 7.69. The molecule has 1 amide bonds. The molecule has 116 valence electrons. The Morgan fingerprint density at radius 2 is 2.14 bits per heavy atom. The standard InChI is InChI=1S/C16H22BrNO3/c1-20-14-8-5-7-13(15(14)21-2)16(19)18-11-4-3-6-12(18)9-10-17/h5,7-8,12H,3-4,6,9-11H2,1-2H3. The highest BCUT2D eigenvalue weighted by Crippen LogP contribution is 2.33. The van der Waals surface area contributed by atoms with E-state index in [1.807, 2.05) is 23.1 Å². The Hall–Kier alpha value is -1.23. The van der Waals surface area contributed by atoms with Gasteiger partial charge in [0.2, 0.25) is 0 Å². The van der Waals surface area contributed by atoms with E-state index in [1.165, 1.54) is 6.42 Å². The number of carbonyl (C=O) groups excluding carboxylic acids is 1. The lowest BCUT2D eigenvalue weighted by atomic mass is 9.98. The fraction of sp³-hybridized carbons (Fsp3) is 0.562. The Morgan fingerprint density at radius 3 is 2.81 bits per heavy atom. The van der Waals surface area contributed by atoms with Gasteiger partial charge in [0, 0.05) is 17.9 Å². The van der Waals surface area contributed by atoms with Gasteiger partial charge in [-0.2, -0.15) is 0 Å². The second-order valence-electron chi connectivity index (χ2n) is 5.17. The van der Waals surface area contributed by atoms with Crippen molar-refractivity contribution in [1.29, 1.82) is 0 Å². The van der Waals surface area contributed by atoms with Crippen molar-refractivity contribution < 1.29 is 14.3 Å². The average Bonchev–Trinajstić information content (AvgIpc) is 2.54. The van der Waals surface area contributed by atoms with Crippen LogP contribution in [0, 0.1) is 0 Å². The van der Waals surface area contributed by atoms with Crippen LogP contribution in [0.3, 0.4) is 0 Å². The molecule has 0 N–H and O–H groups in total. The first-order valence-electron chi connectivity index (χ1n) is 7.30. The largest absolute Gasteiger partial charge is 0.493 e. The van der Waals surface area contributed by atoms with E-state index in [1.54, 1.807) is 14.2 Å². The molecule has 1 aliphatic rings. The summed E-state index contributed by atoms with van der Waals surface area (Å²) in [5, 5.41) is 0.913. The molecule has 1 fully saturated rings. The van der Waals surface area contributed by atoms with Crippen molar-refractivity contribution in [2.45, 2.75) is 31.7 Å². The van der Waals surface area contributed by atoms with Gasteiger partial charge in [-0.15, -0.1) is 0 Å². The van der Waals surface area contributed by atoms with Crippen LogP contribution >= 0.6 is 15.9 Å². The summed E-state index contributed by atoms with van der Waals surface area (Å²) in [6, 6.07) is 5.75. The number of rotatable bonds is 5. The van der Waals surface area contributed by atoms with Crippen LogP contribution in [0.4, 0.5) is 0 Å². The van der Waals surface area contributed by atoms with E-state index in [0.717, 1.165) is 31.1 Å². The Kier molecular flexibility index (Phi) is 5.91. The van der Waals surface area contributed by atoms with Crippen LogP contribution in [-0.4, -0.2) is 42.9 Å². The number of amides is 1. The van der Waals surface area contributed by atoms with Gasteiger partial charge in [0.25, 0.3) is 5.91 Å². The van der Waals surface area contributed by atoms with E-state index in [0.29, 0.717) is 23.1 Å². The highest BCUT2D eigenvalue weighted by Gasteiger charge is 2.29. The number of carbonyl (C=O) groups is 1. The van der Waals surface area contributed by atoms with Crippen molar-refractivity contribution in [2.24, 2.45) is 0 Å². The van der Waals surface area contributed by atoms with Gasteiger partial charge in [0.05, 0.1) is 19.8 Å². The number of likely N-dealkylation sites (tertiary alicyclic amines) is 1. The first-order valence-corrected chi connectivity index (χ1v) is 8.43. The van der Waals surface area contributed by atoms with Crippen LogP contribution in [0.25, 0.3) is 0 Å². The number of nitrogens with zero attached hydrogens (tertiary/aromatic N) is 1. The number of ether oxygens (including phenoxy) is 2. The van der Waals surface area contributed by atoms with E-state index < -0.39 is 0 Å². The summed E-state index contributed by atoms with van der Waals surface area (Å²) in [4.78, 5) is 14.9. The van der Waals surface area contributed by atoms with Crippen molar-refractivity contribution in [1.82, 2.24) is 4.90 Å². The highest BCUT2D eigenvalue weighted by atomic mass is 79.9. The fourth-order valence-corrected chi connectivity index (χ4v) is 3.43. The summed E-state index contributed by atoms with van der Waals surface area (Å²) in [6.07, 6.45) is 4.31. The van der Waals surface area contributed by atoms with Crippen LogP contribution in [0.1, 0.15) is 36.0 Å². The average molecular weight is 356 g/mol. The van der Waals surface area contributed by atoms with Crippen molar-refractivity contribution in [3.63, 3.8) is 0 Å². The summed E-state index contributed by atoms with van der Waals surface area (Å²) >= 11 is 3.49. The molecule has 1 unspecified atom stereocenters. The predicted molar refractivity (Wildman–Crippen MR) is 86.6 cm³/mol. The molecule has 0 saturated carbocycles. The van der Waals surface area contributed by atoms with Crippen molar-refractivity contribution in [3.05, 3.63) is 23.8 Å². The molecule has 0 radical (unpaired) electrons. The van der Waals surface area contributed by atoms with Gasteiger partial charge < -0.3 is 14.4 Å². The smallest absolute Gasteiger partial charge is 0.258 e. The van der Waals surface area contributed by atoms with Crippen LogP contribution in [0.2, 0.25) is 0 Å². The Bertz CT molecular complexity index is 490. The van der Waals surface area contributed by atoms with E-state index in [2.05, 4.69) is 15.9 Å². The minimum absolute atomic E-state index is 0.0383. The fourth-order valence-electron chi connectivity index (χ4n) is 2.90. The van der Waals surface area contributed by atoms with Crippen LogP contribution < -0.4 is 9.47 Å². The maximum Gasteiger partial charge on any atom is 0.258 e. The topological polar surface area (TPSA) is 38.8 Å². The summed E-state index contributed by atoms with van der Waals surface area (Å²) in [5.41, 5.74) is 0.582. The van der Waals surface area contributed by atoms with E-state index in [9.17, 15) is 4.79 Å². The Morgan fingerprint density at radius 1 is 1.33 bits per heavy atom. The molecule has 0 aromatic heterocycles. The van der Waals surface area contributed by atoms with E-state index in [4.69, 9.17) is 9.47 Å². The molecular weight excluding hydrogens is 334 g/mol. The lowest BCUT2D eigenvalue weighted by molar-refractivity contribution is 0.0606. The number of alkyl halides is 1. The summed E-state index contributed by atoms with van der Waals surface area (Å²) in [5.74, 6) is 1.15. The normalized spacial score (nSPS) is 18.4. The number of hydrogen-bond donors (Lipinski definition) is 0. The van der Waals surface area contributed by atoms with Gasteiger partial charge in [-0.25, -0.2) is 0 Å². The maximum absolute atomic E-state index is 12.9. The monoisotopic (exact) mass is 355 g/mol. The zero-order valence-electron chi connectivity index (χ0n) is 12.6. The van der Waals surface area contributed by atoms with Gasteiger partial charge in [-0.3, -0.25) is 4.79 Å². The van der Waals surface area contributed by atoms with Crippen molar-refractivity contribution >= 4 is 21.8 Å². The number of hydrogen-bond acceptors (Lipinski definition) is 3. The predicted octanol–water partition coefficient (Wildman–Crippen LogP) is 3.48. The summed E-state index contributed by atoms with van der Waals surface area (Å²) in [7, 11) is 3.15. The number of piperidine rings is 1. The number of halogens is 1. The third-order valence-corrected chi connectivity index (χ3v) is 4.42. The second-order valence-corrected chi connectivity index (χ2v) is 5.96. The first-order chi connectivity index (χ1) is 10.2. The molecule has 1 saturated heterocycles. The van der Waals surface area contributed by atoms with E-state index >= 15 is 0 Å². The molecule has 4 nitrogen and oxygen atoms in total. The van der Waals surface area contributed by atoms with Gasteiger partial charge in [0.15, 0.2) is 11.5 Å². The summed E-state index contributed by atoms with van der Waals surface area (Å²) in [6.45, 7) is 0.816. The molecule has 0 aliphatic carbocycles. The van der Waals surface area contributed by atoms with Crippen molar-refractivity contribution in [2.75, 3.05) is 26.1 Å². The third-order valence-electron chi connectivity index (χ3n) is 3.96. The lowest BCUT2D eigenvalue weighted by Crippen LogP contribution is -2.44. The Balaban J connectivity index is 2.29. The van der Waals surface area contributed by atoms with Gasteiger partial charge >= 0.3 is 0 Å². The third kappa shape index (κ3) is 3.51. The maximum atomic E-state index is 12.9. The zero-order chi connectivity index (χ0) is 15.2. The quantitative estimate of drug-likeness (QED) is 0.759. The molecular formula is C16H22BrNO3.